The highest BCUT2D eigenvalue weighted by atomic mass is 127. The quantitative estimate of drug-likeness (QED) is 0.444. The van der Waals surface area contributed by atoms with Crippen LogP contribution in [0.2, 0.25) is 0 Å². The van der Waals surface area contributed by atoms with E-state index in [1.807, 2.05) is 0 Å². The Hall–Kier alpha value is 0.440. The number of ether oxygens (including phenoxy) is 1. The molecule has 6 heteroatoms. The van der Waals surface area contributed by atoms with Gasteiger partial charge in [0.2, 0.25) is 0 Å². The van der Waals surface area contributed by atoms with E-state index in [0.717, 1.165) is 25.9 Å². The SMILES string of the molecule is FC(F)(F)CCCOC1CCN(I)CC1. The first-order chi connectivity index (χ1) is 6.97. The van der Waals surface area contributed by atoms with Crippen molar-refractivity contribution in [2.24, 2.45) is 0 Å². The van der Waals surface area contributed by atoms with Crippen LogP contribution in [0.4, 0.5) is 13.2 Å². The number of piperidine rings is 1. The summed E-state index contributed by atoms with van der Waals surface area (Å²) in [6, 6.07) is 0. The number of alkyl halides is 3. The highest BCUT2D eigenvalue weighted by molar-refractivity contribution is 14.1. The van der Waals surface area contributed by atoms with Gasteiger partial charge in [-0.2, -0.15) is 13.2 Å². The van der Waals surface area contributed by atoms with Crippen LogP contribution in [0.3, 0.4) is 0 Å². The van der Waals surface area contributed by atoms with Crippen LogP contribution in [0, 0.1) is 0 Å². The predicted octanol–water partition coefficient (Wildman–Crippen LogP) is 3.16. The molecule has 0 saturated carbocycles. The van der Waals surface area contributed by atoms with Crippen molar-refractivity contribution in [3.8, 4) is 0 Å². The summed E-state index contributed by atoms with van der Waals surface area (Å²) in [4.78, 5) is 0. The van der Waals surface area contributed by atoms with Crippen LogP contribution in [-0.4, -0.2) is 35.1 Å². The summed E-state index contributed by atoms with van der Waals surface area (Å²) in [5, 5.41) is 0. The van der Waals surface area contributed by atoms with E-state index >= 15 is 0 Å². The third-order valence-electron chi connectivity index (χ3n) is 2.35. The average molecular weight is 337 g/mol. The van der Waals surface area contributed by atoms with Gasteiger partial charge in [-0.3, -0.25) is 0 Å². The van der Waals surface area contributed by atoms with Crippen molar-refractivity contribution in [2.75, 3.05) is 19.7 Å². The standard InChI is InChI=1S/C9H15F3INO/c10-9(11,12)4-1-7-15-8-2-5-14(13)6-3-8/h8H,1-7H2. The smallest absolute Gasteiger partial charge is 0.378 e. The maximum Gasteiger partial charge on any atom is 0.389 e. The molecule has 90 valence electrons. The molecule has 1 aliphatic rings. The van der Waals surface area contributed by atoms with E-state index < -0.39 is 12.6 Å². The van der Waals surface area contributed by atoms with Crippen molar-refractivity contribution >= 4 is 22.9 Å². The lowest BCUT2D eigenvalue weighted by molar-refractivity contribution is -0.139. The first kappa shape index (κ1) is 13.5. The summed E-state index contributed by atoms with van der Waals surface area (Å²) < 4.78 is 43.0. The van der Waals surface area contributed by atoms with E-state index in [1.54, 1.807) is 0 Å². The fraction of sp³-hybridized carbons (Fsp3) is 1.00. The minimum Gasteiger partial charge on any atom is -0.378 e. The Morgan fingerprint density at radius 2 is 1.87 bits per heavy atom. The molecular formula is C9H15F3INO. The summed E-state index contributed by atoms with van der Waals surface area (Å²) in [6.07, 6.45) is -2.70. The molecule has 1 fully saturated rings. The van der Waals surface area contributed by atoms with Gasteiger partial charge >= 0.3 is 6.18 Å². The van der Waals surface area contributed by atoms with Gasteiger partial charge in [-0.25, -0.2) is 3.11 Å². The summed E-state index contributed by atoms with van der Waals surface area (Å²) in [5.74, 6) is 0. The molecule has 0 radical (unpaired) electrons. The van der Waals surface area contributed by atoms with Gasteiger partial charge in [0.25, 0.3) is 0 Å². The third kappa shape index (κ3) is 6.57. The Balaban J connectivity index is 2.01. The van der Waals surface area contributed by atoms with Crippen molar-refractivity contribution < 1.29 is 17.9 Å². The van der Waals surface area contributed by atoms with Crippen LogP contribution in [0.15, 0.2) is 0 Å². The van der Waals surface area contributed by atoms with E-state index in [2.05, 4.69) is 26.0 Å². The highest BCUT2D eigenvalue weighted by Gasteiger charge is 2.26. The van der Waals surface area contributed by atoms with E-state index in [1.165, 1.54) is 0 Å². The second kappa shape index (κ2) is 6.24. The largest absolute Gasteiger partial charge is 0.389 e. The predicted molar refractivity (Wildman–Crippen MR) is 59.9 cm³/mol. The Morgan fingerprint density at radius 3 is 2.40 bits per heavy atom. The Morgan fingerprint density at radius 1 is 1.27 bits per heavy atom. The molecule has 0 unspecified atom stereocenters. The maximum atomic E-state index is 11.8. The first-order valence-corrected chi connectivity index (χ1v) is 6.03. The normalized spacial score (nSPS) is 20.8. The van der Waals surface area contributed by atoms with Crippen molar-refractivity contribution in [3.63, 3.8) is 0 Å². The second-order valence-corrected chi connectivity index (χ2v) is 5.06. The summed E-state index contributed by atoms with van der Waals surface area (Å²) in [5.41, 5.74) is 0. The van der Waals surface area contributed by atoms with Gasteiger partial charge in [-0.1, -0.05) is 0 Å². The summed E-state index contributed by atoms with van der Waals surface area (Å²) >= 11 is 2.25. The van der Waals surface area contributed by atoms with Crippen molar-refractivity contribution in [1.82, 2.24) is 3.11 Å². The molecule has 0 aliphatic carbocycles. The molecule has 2 nitrogen and oxygen atoms in total. The van der Waals surface area contributed by atoms with Crippen LogP contribution in [0.25, 0.3) is 0 Å². The highest BCUT2D eigenvalue weighted by Crippen LogP contribution is 2.22. The Bertz CT molecular complexity index is 181. The topological polar surface area (TPSA) is 12.5 Å². The molecule has 15 heavy (non-hydrogen) atoms. The summed E-state index contributed by atoms with van der Waals surface area (Å²) in [6.45, 7) is 2.15. The fourth-order valence-electron chi connectivity index (χ4n) is 1.51. The zero-order valence-electron chi connectivity index (χ0n) is 8.39. The van der Waals surface area contributed by atoms with Crippen molar-refractivity contribution in [1.29, 1.82) is 0 Å². The molecule has 0 aromatic heterocycles. The molecule has 0 atom stereocenters. The van der Waals surface area contributed by atoms with Crippen LogP contribution in [0.5, 0.6) is 0 Å². The number of hydrogen-bond acceptors (Lipinski definition) is 2. The Kier molecular flexibility index (Phi) is 5.62. The van der Waals surface area contributed by atoms with Gasteiger partial charge in [-0.15, -0.1) is 0 Å². The summed E-state index contributed by atoms with van der Waals surface area (Å²) in [7, 11) is 0. The second-order valence-electron chi connectivity index (χ2n) is 3.70. The van der Waals surface area contributed by atoms with Crippen LogP contribution < -0.4 is 0 Å². The molecule has 0 spiro atoms. The minimum atomic E-state index is -4.05. The maximum absolute atomic E-state index is 11.8. The number of rotatable bonds is 4. The molecule has 1 aliphatic heterocycles. The molecule has 0 N–H and O–H groups in total. The average Bonchev–Trinajstić information content (AvgIpc) is 2.14. The third-order valence-corrected chi connectivity index (χ3v) is 3.31. The first-order valence-electron chi connectivity index (χ1n) is 5.06. The van der Waals surface area contributed by atoms with E-state index in [9.17, 15) is 13.2 Å². The van der Waals surface area contributed by atoms with Gasteiger partial charge in [0.1, 0.15) is 0 Å². The molecule has 0 amide bonds. The lowest BCUT2D eigenvalue weighted by atomic mass is 10.1. The molecule has 1 heterocycles. The number of halogens is 4. The van der Waals surface area contributed by atoms with E-state index in [0.29, 0.717) is 0 Å². The van der Waals surface area contributed by atoms with Crippen molar-refractivity contribution in [2.45, 2.75) is 38.0 Å². The number of hydrogen-bond donors (Lipinski definition) is 0. The lowest BCUT2D eigenvalue weighted by Gasteiger charge is -2.27. The number of nitrogens with zero attached hydrogens (tertiary/aromatic N) is 1. The zero-order chi connectivity index (χ0) is 11.3. The van der Waals surface area contributed by atoms with Crippen LogP contribution in [0.1, 0.15) is 25.7 Å². The van der Waals surface area contributed by atoms with Crippen molar-refractivity contribution in [3.05, 3.63) is 0 Å². The monoisotopic (exact) mass is 337 g/mol. The van der Waals surface area contributed by atoms with Gasteiger partial charge < -0.3 is 4.74 Å². The molecule has 0 bridgehead atoms. The van der Waals surface area contributed by atoms with Gasteiger partial charge in [-0.05, 0) is 19.3 Å². The van der Waals surface area contributed by atoms with Crippen LogP contribution >= 0.6 is 22.9 Å². The van der Waals surface area contributed by atoms with E-state index in [-0.39, 0.29) is 19.1 Å². The Labute approximate surface area is 102 Å². The molecule has 1 rings (SSSR count). The van der Waals surface area contributed by atoms with Gasteiger partial charge in [0.05, 0.1) is 6.10 Å². The van der Waals surface area contributed by atoms with E-state index in [4.69, 9.17) is 4.74 Å². The van der Waals surface area contributed by atoms with Gasteiger partial charge in [0.15, 0.2) is 0 Å². The van der Waals surface area contributed by atoms with Crippen LogP contribution in [-0.2, 0) is 4.74 Å². The molecule has 0 aromatic carbocycles. The molecule has 0 aromatic rings. The fourth-order valence-corrected chi connectivity index (χ4v) is 2.07. The minimum absolute atomic E-state index is 0.0773. The molecular weight excluding hydrogens is 322 g/mol. The molecule has 1 saturated heterocycles. The lowest BCUT2D eigenvalue weighted by Crippen LogP contribution is -2.31. The zero-order valence-corrected chi connectivity index (χ0v) is 10.6. The van der Waals surface area contributed by atoms with Gasteiger partial charge in [0, 0.05) is 49.0 Å².